The van der Waals surface area contributed by atoms with Gasteiger partial charge in [0.15, 0.2) is 0 Å². The van der Waals surface area contributed by atoms with Gasteiger partial charge in [-0.05, 0) is 36.0 Å². The zero-order valence-electron chi connectivity index (χ0n) is 28.2. The molecule has 0 heterocycles. The normalized spacial score (nSPS) is 26.7. The van der Waals surface area contributed by atoms with E-state index in [2.05, 4.69) is 107 Å². The predicted octanol–water partition coefficient (Wildman–Crippen LogP) is 11.6. The molecule has 0 N–H and O–H groups in total. The van der Waals surface area contributed by atoms with Crippen LogP contribution in [0.25, 0.3) is 0 Å². The van der Waals surface area contributed by atoms with Crippen LogP contribution < -0.4 is 0 Å². The third kappa shape index (κ3) is 8.41. The van der Waals surface area contributed by atoms with E-state index in [-0.39, 0.29) is 30.2 Å². The van der Waals surface area contributed by atoms with Crippen molar-refractivity contribution in [3.8, 4) is 0 Å². The maximum atomic E-state index is 3.34. The quantitative estimate of drug-likeness (QED) is 0.239. The Balaban J connectivity index is 0.000000296. The van der Waals surface area contributed by atoms with Crippen LogP contribution in [-0.4, -0.2) is 4.21 Å². The Morgan fingerprint density at radius 1 is 0.955 bits per heavy atom. The minimum atomic E-state index is 0. The van der Waals surface area contributed by atoms with Crippen molar-refractivity contribution in [1.82, 2.24) is 0 Å². The summed E-state index contributed by atoms with van der Waals surface area (Å²) in [6.07, 6.45) is 18.5. The van der Waals surface area contributed by atoms with E-state index in [9.17, 15) is 0 Å². The zero-order chi connectivity index (χ0) is 30.5. The van der Waals surface area contributed by atoms with Gasteiger partial charge < -0.3 is 0 Å². The summed E-state index contributed by atoms with van der Waals surface area (Å²) in [5.41, 5.74) is 8.99. The molecule has 240 valence electrons. The standard InChI is InChI=1S/C25H33.C10H13.C5H5.CH2.2ClH.Zr/c1-15-13-21-19-11-7-8-12-20(19)24-18-10-6-5-9-17(18)14-22(24)23(21)16(2)25(15,3)4;1-10(2,3)9-7-5-4-6-8-9;1-2-4-5-3-1;;;;/h5-6,9-10,15,19-21,24H,7-8,11-14H2,1-4H3;5-8H,1-3H3;1-3H,4H2;1H2;2*1H;/q3*-1;;;;. The monoisotopic (exact) mass is 707 g/mol. The van der Waals surface area contributed by atoms with Gasteiger partial charge in [-0.25, -0.2) is 29.2 Å². The van der Waals surface area contributed by atoms with Crippen molar-refractivity contribution in [3.63, 3.8) is 0 Å². The van der Waals surface area contributed by atoms with E-state index in [0.717, 1.165) is 36.0 Å². The Labute approximate surface area is 297 Å². The Morgan fingerprint density at radius 2 is 1.59 bits per heavy atom. The van der Waals surface area contributed by atoms with E-state index in [0.29, 0.717) is 5.41 Å². The number of halogens is 2. The first-order valence-electron chi connectivity index (χ1n) is 16.3. The van der Waals surface area contributed by atoms with E-state index in [1.165, 1.54) is 68.3 Å². The summed E-state index contributed by atoms with van der Waals surface area (Å²) in [5, 5.41) is 0. The number of rotatable bonds is 0. The van der Waals surface area contributed by atoms with Crippen molar-refractivity contribution >= 4 is 29.0 Å². The molecule has 0 nitrogen and oxygen atoms in total. The van der Waals surface area contributed by atoms with Crippen LogP contribution >= 0.6 is 24.8 Å². The Kier molecular flexibility index (Phi) is 15.2. The molecular weight excluding hydrogens is 655 g/mol. The van der Waals surface area contributed by atoms with Crippen LogP contribution in [0, 0.1) is 47.1 Å². The van der Waals surface area contributed by atoms with Crippen molar-refractivity contribution in [2.45, 2.75) is 105 Å². The fraction of sp³-hybridized carbons (Fsp3) is 0.512. The molecule has 5 unspecified atom stereocenters. The average Bonchev–Trinajstić information content (AvgIpc) is 3.70. The van der Waals surface area contributed by atoms with Crippen LogP contribution in [0.4, 0.5) is 0 Å². The molecule has 5 aliphatic rings. The van der Waals surface area contributed by atoms with Gasteiger partial charge in [-0.3, -0.25) is 6.08 Å². The van der Waals surface area contributed by atoms with Crippen LogP contribution in [-0.2, 0) is 36.1 Å². The van der Waals surface area contributed by atoms with Crippen LogP contribution in [0.1, 0.15) is 110 Å². The van der Waals surface area contributed by atoms with Crippen LogP contribution in [0.2, 0.25) is 0 Å². The van der Waals surface area contributed by atoms with E-state index >= 15 is 0 Å². The van der Waals surface area contributed by atoms with Gasteiger partial charge in [0.1, 0.15) is 0 Å². The molecule has 0 aromatic heterocycles. The van der Waals surface area contributed by atoms with Crippen molar-refractivity contribution < 1.29 is 24.2 Å². The van der Waals surface area contributed by atoms with E-state index in [4.69, 9.17) is 0 Å². The molecular formula is C41H55Cl2Zr-3. The van der Waals surface area contributed by atoms with Gasteiger partial charge >= 0.3 is 28.4 Å². The van der Waals surface area contributed by atoms with E-state index < -0.39 is 0 Å². The van der Waals surface area contributed by atoms with Gasteiger partial charge in [0.05, 0.1) is 0 Å². The SMILES string of the molecule is CC(C)(C)c1cc[c-]cc1.C[C-]1C2=C3Cc4ccccc4C3C3CCCCC3C2CC(C)C1(C)C.Cl.Cl.[C-]1=CC=CC1.[CH2]=[Zr]. The van der Waals surface area contributed by atoms with Gasteiger partial charge in [0, 0.05) is 0 Å². The molecule has 5 aliphatic carbocycles. The summed E-state index contributed by atoms with van der Waals surface area (Å²) in [6.45, 7) is 16.6. The third-order valence-electron chi connectivity index (χ3n) is 11.1. The van der Waals surface area contributed by atoms with Gasteiger partial charge in [-0.1, -0.05) is 120 Å². The average molecular weight is 710 g/mol. The second-order valence-electron chi connectivity index (χ2n) is 14.5. The number of benzene rings is 2. The topological polar surface area (TPSA) is 0 Å². The summed E-state index contributed by atoms with van der Waals surface area (Å²) in [7, 11) is 0. The fourth-order valence-electron chi connectivity index (χ4n) is 8.24. The maximum absolute atomic E-state index is 3.34. The molecule has 5 atom stereocenters. The van der Waals surface area contributed by atoms with E-state index in [1.54, 1.807) is 17.0 Å². The molecule has 0 amide bonds. The minimum absolute atomic E-state index is 0. The zero-order valence-corrected chi connectivity index (χ0v) is 32.3. The van der Waals surface area contributed by atoms with Crippen molar-refractivity contribution in [3.05, 3.63) is 113 Å². The van der Waals surface area contributed by atoms with Crippen molar-refractivity contribution in [2.75, 3.05) is 0 Å². The predicted molar refractivity (Wildman–Crippen MR) is 192 cm³/mol. The number of hydrogen-bond acceptors (Lipinski definition) is 0. The molecule has 2 aromatic carbocycles. The summed E-state index contributed by atoms with van der Waals surface area (Å²) in [5.74, 6) is 6.00. The second-order valence-corrected chi connectivity index (χ2v) is 14.5. The number of fused-ring (bicyclic) bond motifs is 7. The molecule has 0 bridgehead atoms. The van der Waals surface area contributed by atoms with Crippen LogP contribution in [0.15, 0.2) is 77.9 Å². The number of allylic oxidation sites excluding steroid dienone is 6. The van der Waals surface area contributed by atoms with Crippen molar-refractivity contribution in [1.29, 1.82) is 0 Å². The molecule has 0 aliphatic heterocycles. The first kappa shape index (κ1) is 39.0. The third-order valence-corrected chi connectivity index (χ3v) is 11.1. The first-order valence-corrected chi connectivity index (χ1v) is 18.0. The van der Waals surface area contributed by atoms with Crippen LogP contribution in [0.5, 0.6) is 0 Å². The molecule has 0 radical (unpaired) electrons. The Hall–Kier alpha value is -1.14. The molecule has 44 heavy (non-hydrogen) atoms. The summed E-state index contributed by atoms with van der Waals surface area (Å²) >= 11 is 1.30. The molecule has 2 aromatic rings. The number of hydrogen-bond donors (Lipinski definition) is 0. The Bertz CT molecular complexity index is 1250. The summed E-state index contributed by atoms with van der Waals surface area (Å²) in [6, 6.07) is 20.5. The second kappa shape index (κ2) is 17.1. The van der Waals surface area contributed by atoms with Gasteiger partial charge in [-0.2, -0.15) is 42.0 Å². The van der Waals surface area contributed by atoms with Gasteiger partial charge in [0.2, 0.25) is 0 Å². The summed E-state index contributed by atoms with van der Waals surface area (Å²) in [4.78, 5) is 0. The first-order chi connectivity index (χ1) is 20.1. The molecule has 3 heteroatoms. The molecule has 2 fully saturated rings. The van der Waals surface area contributed by atoms with Crippen LogP contribution in [0.3, 0.4) is 0 Å². The molecule has 0 spiro atoms. The molecule has 7 rings (SSSR count). The van der Waals surface area contributed by atoms with Crippen molar-refractivity contribution in [2.24, 2.45) is 29.1 Å². The molecule has 0 saturated heterocycles. The van der Waals surface area contributed by atoms with Gasteiger partial charge in [-0.15, -0.1) is 38.2 Å². The fourth-order valence-corrected chi connectivity index (χ4v) is 8.24. The Morgan fingerprint density at radius 3 is 2.14 bits per heavy atom. The van der Waals surface area contributed by atoms with E-state index in [1.807, 2.05) is 35.4 Å². The summed E-state index contributed by atoms with van der Waals surface area (Å²) < 4.78 is 3.34. The van der Waals surface area contributed by atoms with Gasteiger partial charge in [0.25, 0.3) is 0 Å². The molecule has 2 saturated carbocycles.